The Labute approximate surface area is 224 Å². The number of ether oxygens (including phenoxy) is 1. The van der Waals surface area contributed by atoms with Crippen LogP contribution in [0.25, 0.3) is 11.1 Å². The molecule has 8 heteroatoms. The molecule has 0 heterocycles. The quantitative estimate of drug-likeness (QED) is 0.162. The molecule has 0 aliphatic rings. The molecular weight excluding hydrogens is 496 g/mol. The van der Waals surface area contributed by atoms with Crippen LogP contribution < -0.4 is 20.6 Å². The highest BCUT2D eigenvalue weighted by Gasteiger charge is 2.17. The van der Waals surface area contributed by atoms with Crippen molar-refractivity contribution in [1.29, 1.82) is 0 Å². The van der Waals surface area contributed by atoms with Crippen molar-refractivity contribution >= 4 is 21.9 Å². The number of para-hydroxylation sites is 1. The number of rotatable bonds is 11. The van der Waals surface area contributed by atoms with Crippen molar-refractivity contribution in [2.24, 2.45) is 16.1 Å². The number of sulfonamides is 1. The fourth-order valence-electron chi connectivity index (χ4n) is 4.38. The van der Waals surface area contributed by atoms with Crippen molar-refractivity contribution in [1.82, 2.24) is 0 Å². The first kappa shape index (κ1) is 26.9. The van der Waals surface area contributed by atoms with Gasteiger partial charge in [0.05, 0.1) is 17.7 Å². The average Bonchev–Trinajstić information content (AvgIpc) is 2.93. The summed E-state index contributed by atoms with van der Waals surface area (Å²) in [6.07, 6.45) is 1.63. The maximum absolute atomic E-state index is 12.0. The summed E-state index contributed by atoms with van der Waals surface area (Å²) in [7, 11) is -3.83. The SMILES string of the molecule is CC(CN(CCOc1ccccc1)c1cccc(C=NN)c1)c1ccc(-c2ccccc2S(N)(=O)=O)cc1. The molecule has 38 heavy (non-hydrogen) atoms. The largest absolute Gasteiger partial charge is 0.492 e. The van der Waals surface area contributed by atoms with E-state index in [1.165, 1.54) is 6.07 Å². The van der Waals surface area contributed by atoms with Crippen molar-refractivity contribution in [2.75, 3.05) is 24.6 Å². The van der Waals surface area contributed by atoms with E-state index in [0.29, 0.717) is 18.7 Å². The minimum atomic E-state index is -3.83. The van der Waals surface area contributed by atoms with Gasteiger partial charge >= 0.3 is 0 Å². The summed E-state index contributed by atoms with van der Waals surface area (Å²) in [4.78, 5) is 2.40. The van der Waals surface area contributed by atoms with Crippen LogP contribution in [0.5, 0.6) is 5.75 Å². The van der Waals surface area contributed by atoms with Crippen LogP contribution in [-0.2, 0) is 10.0 Å². The van der Waals surface area contributed by atoms with Crippen molar-refractivity contribution in [3.8, 4) is 16.9 Å². The molecule has 0 fully saturated rings. The summed E-state index contributed by atoms with van der Waals surface area (Å²) in [6.45, 7) is 4.12. The minimum absolute atomic E-state index is 0.117. The molecule has 0 spiro atoms. The fourth-order valence-corrected chi connectivity index (χ4v) is 5.15. The lowest BCUT2D eigenvalue weighted by Crippen LogP contribution is -2.32. The van der Waals surface area contributed by atoms with Crippen LogP contribution in [0.1, 0.15) is 24.0 Å². The molecule has 0 aliphatic heterocycles. The second-order valence-electron chi connectivity index (χ2n) is 9.04. The molecule has 0 bridgehead atoms. The maximum atomic E-state index is 12.0. The van der Waals surface area contributed by atoms with Gasteiger partial charge in [0, 0.05) is 17.8 Å². The number of nitrogens with zero attached hydrogens (tertiary/aromatic N) is 2. The second-order valence-corrected chi connectivity index (χ2v) is 10.6. The average molecular weight is 529 g/mol. The Morgan fingerprint density at radius 1 is 0.921 bits per heavy atom. The molecule has 4 aromatic rings. The third-order valence-corrected chi connectivity index (χ3v) is 7.28. The number of hydrazone groups is 1. The first-order valence-electron chi connectivity index (χ1n) is 12.3. The molecule has 7 nitrogen and oxygen atoms in total. The Kier molecular flexibility index (Phi) is 8.78. The van der Waals surface area contributed by atoms with Gasteiger partial charge in [0.1, 0.15) is 12.4 Å². The lowest BCUT2D eigenvalue weighted by molar-refractivity contribution is 0.323. The third kappa shape index (κ3) is 7.00. The van der Waals surface area contributed by atoms with Crippen LogP contribution in [0, 0.1) is 0 Å². The summed E-state index contributed by atoms with van der Waals surface area (Å²) >= 11 is 0. The van der Waals surface area contributed by atoms with Gasteiger partial charge in [-0.05, 0) is 52.9 Å². The Balaban J connectivity index is 1.53. The van der Waals surface area contributed by atoms with Crippen molar-refractivity contribution in [3.05, 3.63) is 114 Å². The molecule has 4 rings (SSSR count). The predicted octanol–water partition coefficient (Wildman–Crippen LogP) is 4.98. The number of benzene rings is 4. The Morgan fingerprint density at radius 3 is 2.34 bits per heavy atom. The molecule has 1 atom stereocenters. The number of nitrogens with two attached hydrogens (primary N) is 2. The van der Waals surface area contributed by atoms with Gasteiger partial charge in [-0.3, -0.25) is 0 Å². The fraction of sp³-hybridized carbons (Fsp3) is 0.167. The zero-order valence-electron chi connectivity index (χ0n) is 21.3. The number of hydrogen-bond donors (Lipinski definition) is 2. The first-order valence-corrected chi connectivity index (χ1v) is 13.9. The molecule has 196 valence electrons. The van der Waals surface area contributed by atoms with Gasteiger partial charge in [-0.15, -0.1) is 0 Å². The smallest absolute Gasteiger partial charge is 0.238 e. The van der Waals surface area contributed by atoms with Crippen LogP contribution in [0.4, 0.5) is 5.69 Å². The van der Waals surface area contributed by atoms with Crippen LogP contribution in [0.2, 0.25) is 0 Å². The lowest BCUT2D eigenvalue weighted by atomic mass is 9.96. The van der Waals surface area contributed by atoms with E-state index >= 15 is 0 Å². The van der Waals surface area contributed by atoms with E-state index in [2.05, 4.69) is 29.1 Å². The highest BCUT2D eigenvalue weighted by Crippen LogP contribution is 2.29. The van der Waals surface area contributed by atoms with Gasteiger partial charge in [0.15, 0.2) is 0 Å². The van der Waals surface area contributed by atoms with Gasteiger partial charge < -0.3 is 15.5 Å². The van der Waals surface area contributed by atoms with Crippen LogP contribution >= 0.6 is 0 Å². The molecule has 4 aromatic carbocycles. The first-order chi connectivity index (χ1) is 18.3. The van der Waals surface area contributed by atoms with E-state index in [4.69, 9.17) is 15.7 Å². The van der Waals surface area contributed by atoms with Gasteiger partial charge in [0.25, 0.3) is 0 Å². The predicted molar refractivity (Wildman–Crippen MR) is 154 cm³/mol. The summed E-state index contributed by atoms with van der Waals surface area (Å²) in [5.41, 5.74) is 4.49. The van der Waals surface area contributed by atoms with Crippen molar-refractivity contribution < 1.29 is 13.2 Å². The zero-order valence-corrected chi connectivity index (χ0v) is 22.1. The normalized spacial score (nSPS) is 12.4. The molecule has 0 saturated carbocycles. The third-order valence-electron chi connectivity index (χ3n) is 6.31. The maximum Gasteiger partial charge on any atom is 0.238 e. The molecule has 0 amide bonds. The summed E-state index contributed by atoms with van der Waals surface area (Å²) < 4.78 is 30.1. The Hall–Kier alpha value is -4.14. The summed E-state index contributed by atoms with van der Waals surface area (Å²) in [6, 6.07) is 32.6. The van der Waals surface area contributed by atoms with Crippen molar-refractivity contribution in [3.63, 3.8) is 0 Å². The summed E-state index contributed by atoms with van der Waals surface area (Å²) in [5.74, 6) is 6.39. The van der Waals surface area contributed by atoms with Crippen LogP contribution in [-0.4, -0.2) is 34.3 Å². The van der Waals surface area contributed by atoms with E-state index in [0.717, 1.165) is 34.7 Å². The van der Waals surface area contributed by atoms with E-state index in [-0.39, 0.29) is 10.8 Å². The van der Waals surface area contributed by atoms with Gasteiger partial charge in [0.2, 0.25) is 10.0 Å². The van der Waals surface area contributed by atoms with Gasteiger partial charge in [-0.2, -0.15) is 5.10 Å². The molecule has 4 N–H and O–H groups in total. The topological polar surface area (TPSA) is 111 Å². The van der Waals surface area contributed by atoms with E-state index in [1.54, 1.807) is 24.4 Å². The molecule has 0 radical (unpaired) electrons. The highest BCUT2D eigenvalue weighted by atomic mass is 32.2. The van der Waals surface area contributed by atoms with Gasteiger partial charge in [-0.1, -0.05) is 79.7 Å². The monoisotopic (exact) mass is 528 g/mol. The Bertz CT molecular complexity index is 1470. The molecule has 0 aliphatic carbocycles. The molecule has 0 saturated heterocycles. The molecule has 1 unspecified atom stereocenters. The van der Waals surface area contributed by atoms with E-state index in [1.807, 2.05) is 66.7 Å². The van der Waals surface area contributed by atoms with Crippen molar-refractivity contribution in [2.45, 2.75) is 17.7 Å². The standard InChI is InChI=1S/C30H32N4O3S/c1-23(25-14-16-26(17-15-25)29-12-5-6-13-30(29)38(32,35)36)22-34(18-19-37-28-10-3-2-4-11-28)27-9-7-8-24(20-27)21-33-31/h2-17,20-21,23H,18-19,22,31H2,1H3,(H2,32,35,36). The number of hydrogen-bond acceptors (Lipinski definition) is 6. The number of primary sulfonamides is 1. The van der Waals surface area contributed by atoms with E-state index in [9.17, 15) is 8.42 Å². The van der Waals surface area contributed by atoms with Crippen LogP contribution in [0.3, 0.4) is 0 Å². The second kappa shape index (κ2) is 12.4. The minimum Gasteiger partial charge on any atom is -0.492 e. The molecular formula is C30H32N4O3S. The van der Waals surface area contributed by atoms with E-state index < -0.39 is 10.0 Å². The Morgan fingerprint density at radius 2 is 1.63 bits per heavy atom. The summed E-state index contributed by atoms with van der Waals surface area (Å²) in [5, 5.41) is 9.09. The lowest BCUT2D eigenvalue weighted by Gasteiger charge is -2.28. The van der Waals surface area contributed by atoms with Gasteiger partial charge in [-0.25, -0.2) is 13.6 Å². The molecule has 0 aromatic heterocycles. The zero-order chi connectivity index (χ0) is 27.0. The number of anilines is 1. The highest BCUT2D eigenvalue weighted by molar-refractivity contribution is 7.89. The van der Waals surface area contributed by atoms with Crippen LogP contribution in [0.15, 0.2) is 113 Å².